The molecular weight excluding hydrogens is 321 g/mol. The van der Waals surface area contributed by atoms with Gasteiger partial charge in [0.15, 0.2) is 0 Å². The van der Waals surface area contributed by atoms with E-state index < -0.39 is 17.9 Å². The molecule has 0 fully saturated rings. The number of rotatable bonds is 6. The van der Waals surface area contributed by atoms with Crippen LogP contribution in [0.3, 0.4) is 0 Å². The van der Waals surface area contributed by atoms with Crippen LogP contribution in [0.1, 0.15) is 13.8 Å². The van der Waals surface area contributed by atoms with Gasteiger partial charge in [-0.1, -0.05) is 23.2 Å². The van der Waals surface area contributed by atoms with Gasteiger partial charge in [0.1, 0.15) is 0 Å². The Morgan fingerprint density at radius 1 is 1.35 bits per heavy atom. The number of carboxylic acid groups (broad SMARTS) is 1. The van der Waals surface area contributed by atoms with E-state index in [0.29, 0.717) is 14.9 Å². The van der Waals surface area contributed by atoms with Crippen molar-refractivity contribution in [2.75, 3.05) is 5.75 Å². The molecule has 0 heterocycles. The zero-order valence-electron chi connectivity index (χ0n) is 11.0. The first-order valence-electron chi connectivity index (χ1n) is 5.91. The first-order chi connectivity index (χ1) is 9.31. The highest BCUT2D eigenvalue weighted by atomic mass is 35.5. The van der Waals surface area contributed by atoms with Crippen molar-refractivity contribution in [1.82, 2.24) is 5.32 Å². The SMILES string of the molecule is CC(NC(=O)CSc1cc(Cl)ccc1Cl)C(C)C(=O)O. The van der Waals surface area contributed by atoms with Crippen LogP contribution >= 0.6 is 35.0 Å². The van der Waals surface area contributed by atoms with Crippen molar-refractivity contribution in [1.29, 1.82) is 0 Å². The van der Waals surface area contributed by atoms with Crippen LogP contribution in [0.25, 0.3) is 0 Å². The number of carbonyl (C=O) groups is 2. The van der Waals surface area contributed by atoms with Crippen molar-refractivity contribution in [2.24, 2.45) is 5.92 Å². The lowest BCUT2D eigenvalue weighted by Crippen LogP contribution is -2.40. The molecule has 0 aliphatic heterocycles. The summed E-state index contributed by atoms with van der Waals surface area (Å²) in [7, 11) is 0. The lowest BCUT2D eigenvalue weighted by molar-refractivity contribution is -0.142. The summed E-state index contributed by atoms with van der Waals surface area (Å²) >= 11 is 13.1. The van der Waals surface area contributed by atoms with E-state index in [4.69, 9.17) is 28.3 Å². The molecule has 0 aliphatic rings. The van der Waals surface area contributed by atoms with Gasteiger partial charge in [-0.05, 0) is 32.0 Å². The Balaban J connectivity index is 2.51. The Bertz CT molecular complexity index is 510. The second-order valence-corrected chi connectivity index (χ2v) is 6.21. The van der Waals surface area contributed by atoms with Gasteiger partial charge in [-0.15, -0.1) is 11.8 Å². The molecule has 20 heavy (non-hydrogen) atoms. The molecule has 0 radical (unpaired) electrons. The van der Waals surface area contributed by atoms with E-state index in [0.717, 1.165) is 0 Å². The van der Waals surface area contributed by atoms with E-state index in [1.807, 2.05) is 0 Å². The molecular formula is C13H15Cl2NO3S. The Morgan fingerprint density at radius 3 is 2.60 bits per heavy atom. The molecule has 0 bridgehead atoms. The number of benzene rings is 1. The van der Waals surface area contributed by atoms with Gasteiger partial charge in [-0.3, -0.25) is 9.59 Å². The van der Waals surface area contributed by atoms with Gasteiger partial charge in [-0.25, -0.2) is 0 Å². The molecule has 7 heteroatoms. The molecule has 2 atom stereocenters. The summed E-state index contributed by atoms with van der Waals surface area (Å²) < 4.78 is 0. The van der Waals surface area contributed by atoms with Crippen molar-refractivity contribution in [3.63, 3.8) is 0 Å². The lowest BCUT2D eigenvalue weighted by Gasteiger charge is -2.17. The molecule has 0 aliphatic carbocycles. The number of hydrogen-bond donors (Lipinski definition) is 2. The zero-order valence-corrected chi connectivity index (χ0v) is 13.4. The maximum atomic E-state index is 11.7. The molecule has 1 rings (SSSR count). The smallest absolute Gasteiger partial charge is 0.308 e. The number of aliphatic carboxylic acids is 1. The van der Waals surface area contributed by atoms with Crippen LogP contribution in [0, 0.1) is 5.92 Å². The maximum absolute atomic E-state index is 11.7. The Morgan fingerprint density at radius 2 is 2.00 bits per heavy atom. The predicted molar refractivity (Wildman–Crippen MR) is 81.6 cm³/mol. The van der Waals surface area contributed by atoms with Crippen molar-refractivity contribution in [3.05, 3.63) is 28.2 Å². The van der Waals surface area contributed by atoms with Gasteiger partial charge in [-0.2, -0.15) is 0 Å². The van der Waals surface area contributed by atoms with Crippen LogP contribution in [0.5, 0.6) is 0 Å². The summed E-state index contributed by atoms with van der Waals surface area (Å²) in [6, 6.07) is 4.59. The fourth-order valence-electron chi connectivity index (χ4n) is 1.37. The minimum absolute atomic E-state index is 0.150. The number of hydrogen-bond acceptors (Lipinski definition) is 3. The average Bonchev–Trinajstić information content (AvgIpc) is 2.38. The number of nitrogens with one attached hydrogen (secondary N) is 1. The number of halogens is 2. The summed E-state index contributed by atoms with van der Waals surface area (Å²) in [4.78, 5) is 23.3. The van der Waals surface area contributed by atoms with E-state index >= 15 is 0 Å². The summed E-state index contributed by atoms with van der Waals surface area (Å²) in [6.07, 6.45) is 0. The third kappa shape index (κ3) is 5.23. The molecule has 0 saturated heterocycles. The van der Waals surface area contributed by atoms with Gasteiger partial charge in [0.25, 0.3) is 0 Å². The van der Waals surface area contributed by atoms with Crippen molar-refractivity contribution in [3.8, 4) is 0 Å². The second-order valence-electron chi connectivity index (χ2n) is 4.35. The van der Waals surface area contributed by atoms with Crippen molar-refractivity contribution in [2.45, 2.75) is 24.8 Å². The zero-order chi connectivity index (χ0) is 15.3. The van der Waals surface area contributed by atoms with Gasteiger partial charge in [0.05, 0.1) is 16.7 Å². The van der Waals surface area contributed by atoms with E-state index in [-0.39, 0.29) is 11.7 Å². The molecule has 4 nitrogen and oxygen atoms in total. The Labute approximate surface area is 131 Å². The van der Waals surface area contributed by atoms with E-state index in [1.165, 1.54) is 11.8 Å². The number of carboxylic acids is 1. The highest BCUT2D eigenvalue weighted by Crippen LogP contribution is 2.29. The standard InChI is InChI=1S/C13H15Cl2NO3S/c1-7(13(18)19)8(2)16-12(17)6-20-11-5-9(14)3-4-10(11)15/h3-5,7-8H,6H2,1-2H3,(H,16,17)(H,18,19). The van der Waals surface area contributed by atoms with Crippen LogP contribution in [-0.2, 0) is 9.59 Å². The Hall–Kier alpha value is -0.910. The van der Waals surface area contributed by atoms with E-state index in [9.17, 15) is 9.59 Å². The molecule has 0 spiro atoms. The molecule has 2 N–H and O–H groups in total. The molecule has 2 unspecified atom stereocenters. The molecule has 0 saturated carbocycles. The second kappa shape index (κ2) is 7.76. The first-order valence-corrected chi connectivity index (χ1v) is 7.65. The lowest BCUT2D eigenvalue weighted by atomic mass is 10.0. The fourth-order valence-corrected chi connectivity index (χ4v) is 2.67. The van der Waals surface area contributed by atoms with Crippen LogP contribution < -0.4 is 5.32 Å². The predicted octanol–water partition coefficient (Wildman–Crippen LogP) is 3.31. The van der Waals surface area contributed by atoms with Gasteiger partial charge in [0, 0.05) is 16.0 Å². The van der Waals surface area contributed by atoms with Gasteiger partial charge < -0.3 is 10.4 Å². The fraction of sp³-hybridized carbons (Fsp3) is 0.385. The topological polar surface area (TPSA) is 66.4 Å². The third-order valence-corrected chi connectivity index (χ3v) is 4.51. The maximum Gasteiger partial charge on any atom is 0.308 e. The van der Waals surface area contributed by atoms with Crippen molar-refractivity contribution < 1.29 is 14.7 Å². The monoisotopic (exact) mass is 335 g/mol. The van der Waals surface area contributed by atoms with Crippen LogP contribution in [-0.4, -0.2) is 28.8 Å². The quantitative estimate of drug-likeness (QED) is 0.782. The molecule has 1 amide bonds. The first kappa shape index (κ1) is 17.1. The molecule has 1 aromatic carbocycles. The summed E-state index contributed by atoms with van der Waals surface area (Å²) in [5, 5.41) is 12.6. The van der Waals surface area contributed by atoms with Gasteiger partial charge in [0.2, 0.25) is 5.91 Å². The van der Waals surface area contributed by atoms with Crippen molar-refractivity contribution >= 4 is 46.8 Å². The van der Waals surface area contributed by atoms with E-state index in [2.05, 4.69) is 5.32 Å². The average molecular weight is 336 g/mol. The highest BCUT2D eigenvalue weighted by Gasteiger charge is 2.20. The molecule has 0 aromatic heterocycles. The van der Waals surface area contributed by atoms with E-state index in [1.54, 1.807) is 32.0 Å². The minimum Gasteiger partial charge on any atom is -0.481 e. The Kier molecular flexibility index (Phi) is 6.65. The number of thioether (sulfide) groups is 1. The van der Waals surface area contributed by atoms with Crippen LogP contribution in [0.4, 0.5) is 0 Å². The summed E-state index contributed by atoms with van der Waals surface area (Å²) in [5.41, 5.74) is 0. The van der Waals surface area contributed by atoms with Gasteiger partial charge >= 0.3 is 5.97 Å². The molecule has 1 aromatic rings. The summed E-state index contributed by atoms with van der Waals surface area (Å²) in [5.74, 6) is -1.68. The largest absolute Gasteiger partial charge is 0.481 e. The van der Waals surface area contributed by atoms with Crippen LogP contribution in [0.15, 0.2) is 23.1 Å². The minimum atomic E-state index is -0.941. The highest BCUT2D eigenvalue weighted by molar-refractivity contribution is 8.00. The van der Waals surface area contributed by atoms with Crippen LogP contribution in [0.2, 0.25) is 10.0 Å². The normalized spacial score (nSPS) is 13.6. The number of carbonyl (C=O) groups excluding carboxylic acids is 1. The number of amides is 1. The molecule has 110 valence electrons. The summed E-state index contributed by atoms with van der Waals surface area (Å²) in [6.45, 7) is 3.21. The third-order valence-electron chi connectivity index (χ3n) is 2.78.